The van der Waals surface area contributed by atoms with Crippen molar-refractivity contribution in [3.05, 3.63) is 17.0 Å². The minimum absolute atomic E-state index is 0.529. The van der Waals surface area contributed by atoms with Gasteiger partial charge in [0.2, 0.25) is 0 Å². The van der Waals surface area contributed by atoms with Crippen LogP contribution in [0.4, 0.5) is 0 Å². The lowest BCUT2D eigenvalue weighted by Gasteiger charge is -2.36. The Bertz CT molecular complexity index is 408. The van der Waals surface area contributed by atoms with Crippen LogP contribution in [-0.2, 0) is 0 Å². The van der Waals surface area contributed by atoms with Crippen molar-refractivity contribution in [2.24, 2.45) is 5.92 Å². The third-order valence-electron chi connectivity index (χ3n) is 4.55. The molecule has 1 heterocycles. The predicted octanol–water partition coefficient (Wildman–Crippen LogP) is 3.15. The van der Waals surface area contributed by atoms with E-state index in [9.17, 15) is 0 Å². The summed E-state index contributed by atoms with van der Waals surface area (Å²) in [6, 6.07) is 1.12. The molecule has 0 amide bonds. The van der Waals surface area contributed by atoms with Gasteiger partial charge in [-0.05, 0) is 58.1 Å². The molecule has 3 heteroatoms. The average molecular weight is 249 g/mol. The number of aromatic nitrogens is 2. The normalized spacial score (nSPS) is 28.6. The van der Waals surface area contributed by atoms with Crippen LogP contribution in [0.15, 0.2) is 0 Å². The van der Waals surface area contributed by atoms with E-state index in [1.54, 1.807) is 0 Å². The van der Waals surface area contributed by atoms with Gasteiger partial charge in [0.05, 0.1) is 11.7 Å². The molecule has 1 N–H and O–H groups in total. The molecule has 0 radical (unpaired) electrons. The molecule has 3 unspecified atom stereocenters. The van der Waals surface area contributed by atoms with E-state index >= 15 is 0 Å². The molecule has 2 rings (SSSR count). The lowest BCUT2D eigenvalue weighted by Crippen LogP contribution is -2.42. The minimum Gasteiger partial charge on any atom is -0.312 e. The van der Waals surface area contributed by atoms with E-state index < -0.39 is 0 Å². The molecule has 1 fully saturated rings. The molecule has 0 saturated heterocycles. The van der Waals surface area contributed by atoms with Crippen LogP contribution in [0.1, 0.15) is 56.1 Å². The Morgan fingerprint density at radius 3 is 2.56 bits per heavy atom. The lowest BCUT2D eigenvalue weighted by molar-refractivity contribution is 0.202. The SMILES string of the molecule is CCNC1CCC(C)CC1n1nc(C)c(C)c1C. The quantitative estimate of drug-likeness (QED) is 0.892. The summed E-state index contributed by atoms with van der Waals surface area (Å²) in [5.41, 5.74) is 3.87. The number of hydrogen-bond acceptors (Lipinski definition) is 2. The molecule has 3 atom stereocenters. The van der Waals surface area contributed by atoms with Gasteiger partial charge in [-0.25, -0.2) is 0 Å². The second-order valence-corrected chi connectivity index (χ2v) is 5.89. The Morgan fingerprint density at radius 1 is 1.28 bits per heavy atom. The average Bonchev–Trinajstić information content (AvgIpc) is 2.60. The summed E-state index contributed by atoms with van der Waals surface area (Å²) in [4.78, 5) is 0. The number of likely N-dealkylation sites (N-methyl/N-ethyl adjacent to an activating group) is 1. The number of aryl methyl sites for hydroxylation is 1. The largest absolute Gasteiger partial charge is 0.312 e. The highest BCUT2D eigenvalue weighted by molar-refractivity contribution is 5.23. The summed E-state index contributed by atoms with van der Waals surface area (Å²) in [5.74, 6) is 0.814. The highest BCUT2D eigenvalue weighted by atomic mass is 15.3. The third-order valence-corrected chi connectivity index (χ3v) is 4.55. The molecule has 102 valence electrons. The van der Waals surface area contributed by atoms with Gasteiger partial charge in [0.1, 0.15) is 0 Å². The van der Waals surface area contributed by atoms with Gasteiger partial charge in [0, 0.05) is 11.7 Å². The van der Waals surface area contributed by atoms with Crippen LogP contribution in [0.3, 0.4) is 0 Å². The van der Waals surface area contributed by atoms with E-state index in [4.69, 9.17) is 5.10 Å². The Kier molecular flexibility index (Phi) is 4.10. The fraction of sp³-hybridized carbons (Fsp3) is 0.800. The van der Waals surface area contributed by atoms with Crippen molar-refractivity contribution >= 4 is 0 Å². The molecule has 3 nitrogen and oxygen atoms in total. The van der Waals surface area contributed by atoms with Gasteiger partial charge in [0.15, 0.2) is 0 Å². The Morgan fingerprint density at radius 2 is 2.00 bits per heavy atom. The zero-order valence-electron chi connectivity index (χ0n) is 12.5. The fourth-order valence-corrected chi connectivity index (χ4v) is 3.19. The monoisotopic (exact) mass is 249 g/mol. The Balaban J connectivity index is 2.29. The van der Waals surface area contributed by atoms with Crippen molar-refractivity contribution < 1.29 is 0 Å². The predicted molar refractivity (Wildman–Crippen MR) is 76.0 cm³/mol. The van der Waals surface area contributed by atoms with Crippen LogP contribution in [0.5, 0.6) is 0 Å². The molecule has 1 aliphatic carbocycles. The topological polar surface area (TPSA) is 29.9 Å². The van der Waals surface area contributed by atoms with E-state index in [2.05, 4.69) is 44.6 Å². The smallest absolute Gasteiger partial charge is 0.0677 e. The molecule has 0 spiro atoms. The van der Waals surface area contributed by atoms with Crippen LogP contribution >= 0.6 is 0 Å². The van der Waals surface area contributed by atoms with Gasteiger partial charge >= 0.3 is 0 Å². The van der Waals surface area contributed by atoms with E-state index in [-0.39, 0.29) is 0 Å². The first-order chi connectivity index (χ1) is 8.54. The van der Waals surface area contributed by atoms with Crippen molar-refractivity contribution in [1.29, 1.82) is 0 Å². The summed E-state index contributed by atoms with van der Waals surface area (Å²) >= 11 is 0. The van der Waals surface area contributed by atoms with Crippen molar-refractivity contribution in [3.8, 4) is 0 Å². The Hall–Kier alpha value is -0.830. The molecule has 1 aromatic rings. The molecule has 0 aromatic carbocycles. The number of nitrogens with zero attached hydrogens (tertiary/aromatic N) is 2. The summed E-state index contributed by atoms with van der Waals surface area (Å²) in [6.07, 6.45) is 3.86. The molecule has 1 aliphatic rings. The van der Waals surface area contributed by atoms with Crippen LogP contribution in [0.25, 0.3) is 0 Å². The molecular formula is C15H27N3. The zero-order valence-corrected chi connectivity index (χ0v) is 12.5. The van der Waals surface area contributed by atoms with Crippen LogP contribution in [-0.4, -0.2) is 22.4 Å². The maximum absolute atomic E-state index is 4.78. The Labute approximate surface area is 111 Å². The maximum Gasteiger partial charge on any atom is 0.0677 e. The van der Waals surface area contributed by atoms with Gasteiger partial charge in [-0.15, -0.1) is 0 Å². The highest BCUT2D eigenvalue weighted by Crippen LogP contribution is 2.33. The van der Waals surface area contributed by atoms with Crippen molar-refractivity contribution in [2.45, 2.75) is 66.0 Å². The number of hydrogen-bond donors (Lipinski definition) is 1. The van der Waals surface area contributed by atoms with Crippen LogP contribution < -0.4 is 5.32 Å². The number of rotatable bonds is 3. The first-order valence-electron chi connectivity index (χ1n) is 7.30. The third kappa shape index (κ3) is 2.46. The van der Waals surface area contributed by atoms with Crippen molar-refractivity contribution in [3.63, 3.8) is 0 Å². The summed E-state index contributed by atoms with van der Waals surface area (Å²) in [7, 11) is 0. The van der Waals surface area contributed by atoms with Crippen molar-refractivity contribution in [1.82, 2.24) is 15.1 Å². The molecule has 1 saturated carbocycles. The molecule has 0 aliphatic heterocycles. The second-order valence-electron chi connectivity index (χ2n) is 5.89. The van der Waals surface area contributed by atoms with Gasteiger partial charge in [-0.1, -0.05) is 13.8 Å². The summed E-state index contributed by atoms with van der Waals surface area (Å²) in [6.45, 7) is 12.1. The maximum atomic E-state index is 4.78. The van der Waals surface area contributed by atoms with Gasteiger partial charge in [0.25, 0.3) is 0 Å². The molecule has 1 aromatic heterocycles. The van der Waals surface area contributed by atoms with E-state index in [1.165, 1.54) is 36.2 Å². The van der Waals surface area contributed by atoms with Gasteiger partial charge < -0.3 is 5.32 Å². The second kappa shape index (κ2) is 5.43. The summed E-state index contributed by atoms with van der Waals surface area (Å²) in [5, 5.41) is 8.43. The van der Waals surface area contributed by atoms with E-state index in [0.717, 1.165) is 12.5 Å². The van der Waals surface area contributed by atoms with Gasteiger partial charge in [-0.3, -0.25) is 4.68 Å². The van der Waals surface area contributed by atoms with Crippen LogP contribution in [0.2, 0.25) is 0 Å². The van der Waals surface area contributed by atoms with Crippen molar-refractivity contribution in [2.75, 3.05) is 6.54 Å². The lowest BCUT2D eigenvalue weighted by atomic mass is 9.83. The van der Waals surface area contributed by atoms with E-state index in [0.29, 0.717) is 12.1 Å². The van der Waals surface area contributed by atoms with E-state index in [1.807, 2.05) is 0 Å². The molecule has 0 bridgehead atoms. The molecule has 18 heavy (non-hydrogen) atoms. The van der Waals surface area contributed by atoms with Crippen LogP contribution in [0, 0.1) is 26.7 Å². The summed E-state index contributed by atoms with van der Waals surface area (Å²) < 4.78 is 2.29. The first-order valence-corrected chi connectivity index (χ1v) is 7.30. The first kappa shape index (κ1) is 13.6. The fourth-order valence-electron chi connectivity index (χ4n) is 3.19. The highest BCUT2D eigenvalue weighted by Gasteiger charge is 2.31. The molecular weight excluding hydrogens is 222 g/mol. The standard InChI is InChI=1S/C15H27N3/c1-6-16-14-8-7-10(2)9-15(14)18-13(5)11(3)12(4)17-18/h10,14-16H,6-9H2,1-5H3. The zero-order chi connectivity index (χ0) is 13.3. The minimum atomic E-state index is 0.529. The number of nitrogens with one attached hydrogen (secondary N) is 1. The van der Waals surface area contributed by atoms with Gasteiger partial charge in [-0.2, -0.15) is 5.10 Å².